The van der Waals surface area contributed by atoms with Crippen LogP contribution in [0.3, 0.4) is 0 Å². The average Bonchev–Trinajstić information content (AvgIpc) is 3.11. The van der Waals surface area contributed by atoms with Crippen LogP contribution in [0.25, 0.3) is 11.0 Å². The molecule has 6 heteroatoms. The van der Waals surface area contributed by atoms with Gasteiger partial charge in [0, 0.05) is 42.7 Å². The molecule has 27 heavy (non-hydrogen) atoms. The van der Waals surface area contributed by atoms with E-state index in [4.69, 9.17) is 9.15 Å². The van der Waals surface area contributed by atoms with Gasteiger partial charge in [-0.05, 0) is 50.4 Å². The zero-order valence-electron chi connectivity index (χ0n) is 15.9. The van der Waals surface area contributed by atoms with Crippen molar-refractivity contribution < 1.29 is 13.9 Å². The third-order valence-corrected chi connectivity index (χ3v) is 5.80. The molecule has 2 atom stereocenters. The zero-order chi connectivity index (χ0) is 19.0. The fourth-order valence-electron chi connectivity index (χ4n) is 4.36. The van der Waals surface area contributed by atoms with Crippen LogP contribution in [0.4, 0.5) is 0 Å². The van der Waals surface area contributed by atoms with Crippen molar-refractivity contribution >= 4 is 16.9 Å². The number of benzene rings is 1. The van der Waals surface area contributed by atoms with Gasteiger partial charge in [-0.1, -0.05) is 6.92 Å². The zero-order valence-corrected chi connectivity index (χ0v) is 15.9. The molecule has 1 aromatic carbocycles. The molecular formula is C21H26N2O4. The summed E-state index contributed by atoms with van der Waals surface area (Å²) in [7, 11) is 0. The van der Waals surface area contributed by atoms with Crippen molar-refractivity contribution in [3.63, 3.8) is 0 Å². The van der Waals surface area contributed by atoms with Gasteiger partial charge in [0.25, 0.3) is 5.91 Å². The highest BCUT2D eigenvalue weighted by Crippen LogP contribution is 2.26. The van der Waals surface area contributed by atoms with E-state index in [9.17, 15) is 9.59 Å². The number of hydrogen-bond acceptors (Lipinski definition) is 5. The summed E-state index contributed by atoms with van der Waals surface area (Å²) in [6, 6.07) is 7.63. The fourth-order valence-corrected chi connectivity index (χ4v) is 4.36. The van der Waals surface area contributed by atoms with Gasteiger partial charge in [-0.3, -0.25) is 9.69 Å². The highest BCUT2D eigenvalue weighted by atomic mass is 16.5. The maximum absolute atomic E-state index is 12.7. The Morgan fingerprint density at radius 1 is 1.30 bits per heavy atom. The molecule has 2 aliphatic rings. The summed E-state index contributed by atoms with van der Waals surface area (Å²) >= 11 is 0. The molecule has 0 aliphatic carbocycles. The van der Waals surface area contributed by atoms with E-state index in [0.717, 1.165) is 37.0 Å². The first-order chi connectivity index (χ1) is 13.0. The lowest BCUT2D eigenvalue weighted by Crippen LogP contribution is -2.57. The predicted molar refractivity (Wildman–Crippen MR) is 103 cm³/mol. The second-order valence-electron chi connectivity index (χ2n) is 7.58. The Hall–Kier alpha value is -2.34. The molecule has 6 nitrogen and oxygen atoms in total. The van der Waals surface area contributed by atoms with E-state index in [1.54, 1.807) is 6.07 Å². The Morgan fingerprint density at radius 3 is 2.96 bits per heavy atom. The minimum atomic E-state index is -0.365. The molecule has 2 saturated heterocycles. The molecule has 4 rings (SSSR count). The molecule has 1 aromatic heterocycles. The van der Waals surface area contributed by atoms with Crippen molar-refractivity contribution in [1.82, 2.24) is 9.80 Å². The number of carbonyl (C=O) groups excluding carboxylic acids is 1. The van der Waals surface area contributed by atoms with Gasteiger partial charge in [0.05, 0.1) is 0 Å². The number of carbonyl (C=O) groups is 1. The number of rotatable bonds is 4. The summed E-state index contributed by atoms with van der Waals surface area (Å²) in [5.41, 5.74) is 1.08. The van der Waals surface area contributed by atoms with E-state index in [1.807, 2.05) is 24.0 Å². The first kappa shape index (κ1) is 18.0. The van der Waals surface area contributed by atoms with Crippen molar-refractivity contribution in [2.45, 2.75) is 45.2 Å². The maximum atomic E-state index is 12.7. The Labute approximate surface area is 158 Å². The van der Waals surface area contributed by atoms with Crippen molar-refractivity contribution in [3.8, 4) is 5.75 Å². The number of fused-ring (bicyclic) bond motifs is 2. The molecule has 0 N–H and O–H groups in total. The van der Waals surface area contributed by atoms with Crippen LogP contribution < -0.4 is 10.4 Å². The number of aryl methyl sites for hydroxylation is 1. The number of nitrogens with zero attached hydrogens (tertiary/aromatic N) is 2. The molecule has 2 aliphatic heterocycles. The molecule has 0 bridgehead atoms. The Morgan fingerprint density at radius 2 is 2.15 bits per heavy atom. The molecule has 0 unspecified atom stereocenters. The van der Waals surface area contributed by atoms with E-state index in [0.29, 0.717) is 17.4 Å². The van der Waals surface area contributed by atoms with Crippen molar-refractivity contribution in [2.75, 3.05) is 26.2 Å². The van der Waals surface area contributed by atoms with Crippen LogP contribution >= 0.6 is 0 Å². The summed E-state index contributed by atoms with van der Waals surface area (Å²) in [6.45, 7) is 6.98. The van der Waals surface area contributed by atoms with Crippen LogP contribution in [0.5, 0.6) is 5.75 Å². The van der Waals surface area contributed by atoms with Crippen molar-refractivity contribution in [1.29, 1.82) is 0 Å². The van der Waals surface area contributed by atoms with Crippen LogP contribution in [0.1, 0.15) is 32.3 Å². The van der Waals surface area contributed by atoms with Gasteiger partial charge >= 0.3 is 5.63 Å². The van der Waals surface area contributed by atoms with Crippen LogP contribution in [0, 0.1) is 0 Å². The third kappa shape index (κ3) is 3.58. The lowest BCUT2D eigenvalue weighted by molar-refractivity contribution is -0.138. The molecule has 2 fully saturated rings. The fraction of sp³-hybridized carbons (Fsp3) is 0.524. The lowest BCUT2D eigenvalue weighted by Gasteiger charge is -2.42. The molecular weight excluding hydrogens is 344 g/mol. The molecule has 144 valence electrons. The van der Waals surface area contributed by atoms with Gasteiger partial charge in [0.15, 0.2) is 6.61 Å². The Kier molecular flexibility index (Phi) is 4.91. The standard InChI is InChI=1S/C21H26N2O4/c1-3-15-9-21(25)27-19-10-17(6-7-18(15)19)26-13-20(24)23-12-16-5-4-8-22(16)11-14(23)2/h6-7,9-10,14,16H,3-5,8,11-13H2,1-2H3/t14-,16+/m1/s1. The summed E-state index contributed by atoms with van der Waals surface area (Å²) < 4.78 is 11.0. The third-order valence-electron chi connectivity index (χ3n) is 5.80. The van der Waals surface area contributed by atoms with E-state index in [2.05, 4.69) is 11.8 Å². The van der Waals surface area contributed by atoms with Crippen LogP contribution in [-0.4, -0.2) is 54.0 Å². The molecule has 0 spiro atoms. The SMILES string of the molecule is CCc1cc(=O)oc2cc(OCC(=O)N3C[C@@H]4CCCN4C[C@H]3C)ccc12. The predicted octanol–water partition coefficient (Wildman–Crippen LogP) is 2.43. The first-order valence-corrected chi connectivity index (χ1v) is 9.78. The number of amides is 1. The minimum absolute atomic E-state index is 0.000265. The van der Waals surface area contributed by atoms with Crippen LogP contribution in [0.2, 0.25) is 0 Å². The van der Waals surface area contributed by atoms with Gasteiger partial charge in [0.2, 0.25) is 0 Å². The highest BCUT2D eigenvalue weighted by Gasteiger charge is 2.36. The largest absolute Gasteiger partial charge is 0.484 e. The van der Waals surface area contributed by atoms with Gasteiger partial charge in [-0.2, -0.15) is 0 Å². The van der Waals surface area contributed by atoms with Crippen molar-refractivity contribution in [2.24, 2.45) is 0 Å². The van der Waals surface area contributed by atoms with Gasteiger partial charge in [-0.25, -0.2) is 4.79 Å². The van der Waals surface area contributed by atoms with Gasteiger partial charge < -0.3 is 14.1 Å². The first-order valence-electron chi connectivity index (χ1n) is 9.78. The van der Waals surface area contributed by atoms with E-state index in [-0.39, 0.29) is 24.2 Å². The summed E-state index contributed by atoms with van der Waals surface area (Å²) in [6.07, 6.45) is 3.14. The molecule has 3 heterocycles. The van der Waals surface area contributed by atoms with Crippen LogP contribution in [-0.2, 0) is 11.2 Å². The summed E-state index contributed by atoms with van der Waals surface area (Å²) in [5.74, 6) is 0.553. The van der Waals surface area contributed by atoms with Gasteiger partial charge in [0.1, 0.15) is 11.3 Å². The smallest absolute Gasteiger partial charge is 0.336 e. The second kappa shape index (κ2) is 7.35. The Balaban J connectivity index is 1.45. The topological polar surface area (TPSA) is 63.0 Å². The minimum Gasteiger partial charge on any atom is -0.484 e. The van der Waals surface area contributed by atoms with E-state index in [1.165, 1.54) is 18.9 Å². The number of piperazine rings is 1. The maximum Gasteiger partial charge on any atom is 0.336 e. The number of ether oxygens (including phenoxy) is 1. The monoisotopic (exact) mass is 370 g/mol. The van der Waals surface area contributed by atoms with E-state index < -0.39 is 0 Å². The second-order valence-corrected chi connectivity index (χ2v) is 7.58. The molecule has 1 amide bonds. The molecule has 0 saturated carbocycles. The Bertz CT molecular complexity index is 907. The lowest BCUT2D eigenvalue weighted by atomic mass is 10.1. The summed E-state index contributed by atoms with van der Waals surface area (Å²) in [4.78, 5) is 28.8. The molecule has 0 radical (unpaired) electrons. The van der Waals surface area contributed by atoms with E-state index >= 15 is 0 Å². The van der Waals surface area contributed by atoms with Gasteiger partial charge in [-0.15, -0.1) is 0 Å². The normalized spacial score (nSPS) is 22.8. The molecule has 2 aromatic rings. The quantitative estimate of drug-likeness (QED) is 0.774. The van der Waals surface area contributed by atoms with Crippen LogP contribution in [0.15, 0.2) is 33.5 Å². The summed E-state index contributed by atoms with van der Waals surface area (Å²) in [5, 5.41) is 0.904. The highest BCUT2D eigenvalue weighted by molar-refractivity contribution is 5.82. The average molecular weight is 370 g/mol. The number of hydrogen-bond donors (Lipinski definition) is 0. The van der Waals surface area contributed by atoms with Crippen molar-refractivity contribution in [3.05, 3.63) is 40.2 Å².